The predicted molar refractivity (Wildman–Crippen MR) is 156 cm³/mol. The van der Waals surface area contributed by atoms with Crippen molar-refractivity contribution in [1.29, 1.82) is 0 Å². The number of carbonyl (C=O) groups is 2. The van der Waals surface area contributed by atoms with Crippen LogP contribution in [0, 0.1) is 19.8 Å². The third kappa shape index (κ3) is 7.83. The summed E-state index contributed by atoms with van der Waals surface area (Å²) < 4.78 is 28.9. The quantitative estimate of drug-likeness (QED) is 0.338. The molecule has 0 aliphatic carbocycles. The van der Waals surface area contributed by atoms with Crippen LogP contribution in [0.2, 0.25) is 5.02 Å². The lowest BCUT2D eigenvalue weighted by Gasteiger charge is -2.32. The molecule has 0 aliphatic rings. The lowest BCUT2D eigenvalue weighted by Crippen LogP contribution is -2.51. The van der Waals surface area contributed by atoms with E-state index in [9.17, 15) is 18.0 Å². The van der Waals surface area contributed by atoms with Crippen molar-refractivity contribution in [3.63, 3.8) is 0 Å². The average Bonchev–Trinajstić information content (AvgIpc) is 2.89. The van der Waals surface area contributed by atoms with E-state index in [1.165, 1.54) is 17.0 Å². The molecular weight excluding hydrogens is 534 g/mol. The van der Waals surface area contributed by atoms with Crippen molar-refractivity contribution < 1.29 is 18.0 Å². The molecule has 0 spiro atoms. The van der Waals surface area contributed by atoms with Gasteiger partial charge in [-0.2, -0.15) is 0 Å². The van der Waals surface area contributed by atoms with Crippen LogP contribution in [-0.2, 0) is 26.2 Å². The molecule has 2 amide bonds. The number of benzene rings is 3. The number of carbonyl (C=O) groups excluding carboxylic acids is 2. The van der Waals surface area contributed by atoms with E-state index in [1.807, 2.05) is 51.1 Å². The van der Waals surface area contributed by atoms with Crippen LogP contribution in [0.25, 0.3) is 0 Å². The second kappa shape index (κ2) is 13.1. The van der Waals surface area contributed by atoms with Crippen molar-refractivity contribution in [3.8, 4) is 0 Å². The van der Waals surface area contributed by atoms with Crippen LogP contribution in [0.4, 0.5) is 5.69 Å². The van der Waals surface area contributed by atoms with Crippen LogP contribution in [0.1, 0.15) is 37.5 Å². The van der Waals surface area contributed by atoms with Crippen molar-refractivity contribution in [3.05, 3.63) is 94.5 Å². The number of nitrogens with zero attached hydrogens (tertiary/aromatic N) is 2. The molecule has 3 rings (SSSR count). The maximum Gasteiger partial charge on any atom is 0.264 e. The molecule has 0 unspecified atom stereocenters. The highest BCUT2D eigenvalue weighted by Gasteiger charge is 2.33. The first-order chi connectivity index (χ1) is 18.4. The Labute approximate surface area is 236 Å². The zero-order valence-electron chi connectivity index (χ0n) is 23.0. The van der Waals surface area contributed by atoms with Crippen LogP contribution in [-0.4, -0.2) is 44.3 Å². The number of aryl methyl sites for hydroxylation is 2. The van der Waals surface area contributed by atoms with E-state index in [1.54, 1.807) is 44.2 Å². The molecule has 1 atom stereocenters. The summed E-state index contributed by atoms with van der Waals surface area (Å²) in [5, 5.41) is 3.34. The van der Waals surface area contributed by atoms with E-state index in [0.717, 1.165) is 15.4 Å². The molecule has 0 aliphatic heterocycles. The zero-order valence-corrected chi connectivity index (χ0v) is 24.6. The number of sulfonamides is 1. The Morgan fingerprint density at radius 1 is 0.923 bits per heavy atom. The maximum absolute atomic E-state index is 13.9. The monoisotopic (exact) mass is 569 g/mol. The van der Waals surface area contributed by atoms with Gasteiger partial charge in [0.05, 0.1) is 10.6 Å². The number of hydrogen-bond donors (Lipinski definition) is 1. The summed E-state index contributed by atoms with van der Waals surface area (Å²) in [5.41, 5.74) is 2.67. The number of anilines is 1. The number of nitrogens with one attached hydrogen (secondary N) is 1. The average molecular weight is 570 g/mol. The minimum atomic E-state index is -4.13. The van der Waals surface area contributed by atoms with Gasteiger partial charge in [-0.3, -0.25) is 13.9 Å². The summed E-state index contributed by atoms with van der Waals surface area (Å²) >= 11 is 6.16. The molecule has 0 saturated carbocycles. The van der Waals surface area contributed by atoms with Crippen molar-refractivity contribution in [2.24, 2.45) is 5.92 Å². The lowest BCUT2D eigenvalue weighted by molar-refractivity contribution is -0.139. The molecule has 1 N–H and O–H groups in total. The normalized spacial score (nSPS) is 12.2. The number of amides is 2. The Hall–Kier alpha value is -3.36. The van der Waals surface area contributed by atoms with Crippen molar-refractivity contribution in [2.45, 2.75) is 52.1 Å². The van der Waals surface area contributed by atoms with Gasteiger partial charge in [0.1, 0.15) is 12.6 Å². The molecule has 39 heavy (non-hydrogen) atoms. The first kappa shape index (κ1) is 30.2. The smallest absolute Gasteiger partial charge is 0.264 e. The molecule has 7 nitrogen and oxygen atoms in total. The van der Waals surface area contributed by atoms with E-state index in [2.05, 4.69) is 5.32 Å². The second-order valence-corrected chi connectivity index (χ2v) is 12.4. The van der Waals surface area contributed by atoms with Crippen LogP contribution >= 0.6 is 11.6 Å². The minimum absolute atomic E-state index is 0.0626. The largest absolute Gasteiger partial charge is 0.354 e. The van der Waals surface area contributed by atoms with Gasteiger partial charge < -0.3 is 10.2 Å². The summed E-state index contributed by atoms with van der Waals surface area (Å²) in [7, 11) is -4.13. The van der Waals surface area contributed by atoms with Crippen LogP contribution < -0.4 is 9.62 Å². The highest BCUT2D eigenvalue weighted by Crippen LogP contribution is 2.29. The Morgan fingerprint density at radius 3 is 2.15 bits per heavy atom. The van der Waals surface area contributed by atoms with Gasteiger partial charge in [0.15, 0.2) is 0 Å². The third-order valence-electron chi connectivity index (χ3n) is 6.36. The molecule has 0 saturated heterocycles. The predicted octanol–water partition coefficient (Wildman–Crippen LogP) is 5.34. The van der Waals surface area contributed by atoms with E-state index in [4.69, 9.17) is 11.6 Å². The van der Waals surface area contributed by atoms with Gasteiger partial charge in [0.2, 0.25) is 11.8 Å². The minimum Gasteiger partial charge on any atom is -0.354 e. The highest BCUT2D eigenvalue weighted by molar-refractivity contribution is 7.92. The topological polar surface area (TPSA) is 86.8 Å². The lowest BCUT2D eigenvalue weighted by atomic mass is 10.1. The number of hydrogen-bond acceptors (Lipinski definition) is 4. The highest BCUT2D eigenvalue weighted by atomic mass is 35.5. The molecule has 9 heteroatoms. The molecule has 0 fully saturated rings. The Bertz CT molecular complexity index is 1390. The molecule has 0 aromatic heterocycles. The second-order valence-electron chi connectivity index (χ2n) is 10.1. The molecular formula is C30H36ClN3O4S. The fourth-order valence-corrected chi connectivity index (χ4v) is 5.77. The van der Waals surface area contributed by atoms with E-state index >= 15 is 0 Å². The van der Waals surface area contributed by atoms with Gasteiger partial charge in [-0.25, -0.2) is 8.42 Å². The fourth-order valence-electron chi connectivity index (χ4n) is 4.06. The number of rotatable bonds is 11. The first-order valence-electron chi connectivity index (χ1n) is 12.9. The molecule has 0 heterocycles. The zero-order chi connectivity index (χ0) is 28.7. The molecule has 3 aromatic rings. The van der Waals surface area contributed by atoms with E-state index in [0.29, 0.717) is 22.8 Å². The van der Waals surface area contributed by atoms with Crippen molar-refractivity contribution in [1.82, 2.24) is 10.2 Å². The van der Waals surface area contributed by atoms with Crippen LogP contribution in [0.15, 0.2) is 77.7 Å². The Balaban J connectivity index is 2.03. The summed E-state index contributed by atoms with van der Waals surface area (Å²) in [5.74, 6) is -0.567. The maximum atomic E-state index is 13.9. The Kier molecular flexibility index (Phi) is 10.2. The van der Waals surface area contributed by atoms with E-state index in [-0.39, 0.29) is 23.3 Å². The molecule has 208 valence electrons. The first-order valence-corrected chi connectivity index (χ1v) is 14.7. The molecule has 3 aromatic carbocycles. The SMILES string of the molecule is Cc1ccc(S(=O)(=O)N(CC(=O)N(Cc2ccccc2)[C@@H](C)C(=O)NCC(C)C)c2ccc(Cl)cc2C)cc1. The number of halogens is 1. The fraction of sp³-hybridized carbons (Fsp3) is 0.333. The summed E-state index contributed by atoms with van der Waals surface area (Å²) in [4.78, 5) is 28.5. The van der Waals surface area contributed by atoms with Crippen molar-refractivity contribution >= 4 is 39.1 Å². The van der Waals surface area contributed by atoms with Crippen LogP contribution in [0.5, 0.6) is 0 Å². The van der Waals surface area contributed by atoms with Gasteiger partial charge in [0, 0.05) is 18.1 Å². The molecule has 0 radical (unpaired) electrons. The van der Waals surface area contributed by atoms with E-state index < -0.39 is 28.5 Å². The summed E-state index contributed by atoms with van der Waals surface area (Å²) in [6.07, 6.45) is 0. The third-order valence-corrected chi connectivity index (χ3v) is 8.37. The van der Waals surface area contributed by atoms with Gasteiger partial charge in [-0.05, 0) is 68.1 Å². The van der Waals surface area contributed by atoms with Gasteiger partial charge in [-0.1, -0.05) is 73.5 Å². The van der Waals surface area contributed by atoms with Gasteiger partial charge in [0.25, 0.3) is 10.0 Å². The summed E-state index contributed by atoms with van der Waals surface area (Å²) in [6, 6.07) is 19.8. The van der Waals surface area contributed by atoms with Crippen LogP contribution in [0.3, 0.4) is 0 Å². The Morgan fingerprint density at radius 2 is 1.56 bits per heavy atom. The van der Waals surface area contributed by atoms with Gasteiger partial charge in [-0.15, -0.1) is 0 Å². The standard InChI is InChI=1S/C30H36ClN3O4S/c1-21(2)18-32-30(36)24(5)33(19-25-9-7-6-8-10-25)29(35)20-34(28-16-13-26(31)17-23(28)4)39(37,38)27-14-11-22(3)12-15-27/h6-17,21,24H,18-20H2,1-5H3,(H,32,36)/t24-/m0/s1. The molecule has 0 bridgehead atoms. The van der Waals surface area contributed by atoms with Crippen molar-refractivity contribution in [2.75, 3.05) is 17.4 Å². The van der Waals surface area contributed by atoms with Gasteiger partial charge >= 0.3 is 0 Å². The summed E-state index contributed by atoms with van der Waals surface area (Å²) in [6.45, 7) is 9.36.